The Morgan fingerprint density at radius 3 is 3.14 bits per heavy atom. The molecule has 2 rings (SSSR count). The van der Waals surface area contributed by atoms with E-state index in [1.54, 1.807) is 12.3 Å². The molecule has 2 aromatic heterocycles. The van der Waals surface area contributed by atoms with Gasteiger partial charge in [0.1, 0.15) is 5.82 Å². The summed E-state index contributed by atoms with van der Waals surface area (Å²) in [6.07, 6.45) is 3.55. The molecule has 0 atom stereocenters. The first-order valence-electron chi connectivity index (χ1n) is 4.07. The number of aromatic amines is 1. The van der Waals surface area contributed by atoms with Gasteiger partial charge in [0.15, 0.2) is 0 Å². The van der Waals surface area contributed by atoms with E-state index in [4.69, 9.17) is 0 Å². The largest absolute Gasteiger partial charge is 0.360 e. The van der Waals surface area contributed by atoms with Crippen LogP contribution in [0.1, 0.15) is 6.92 Å². The second-order valence-corrected chi connectivity index (χ2v) is 3.79. The van der Waals surface area contributed by atoms with E-state index in [-0.39, 0.29) is 5.91 Å². The van der Waals surface area contributed by atoms with Crippen LogP contribution in [0.15, 0.2) is 22.9 Å². The van der Waals surface area contributed by atoms with Crippen LogP contribution < -0.4 is 5.32 Å². The average molecular weight is 254 g/mol. The number of amides is 1. The van der Waals surface area contributed by atoms with Crippen LogP contribution in [-0.4, -0.2) is 15.9 Å². The molecule has 0 saturated heterocycles. The minimum absolute atomic E-state index is 0.123. The van der Waals surface area contributed by atoms with E-state index in [2.05, 4.69) is 31.2 Å². The maximum atomic E-state index is 10.8. The Morgan fingerprint density at radius 2 is 2.43 bits per heavy atom. The van der Waals surface area contributed by atoms with Crippen molar-refractivity contribution >= 4 is 38.6 Å². The van der Waals surface area contributed by atoms with E-state index in [1.165, 1.54) is 6.92 Å². The molecular formula is C9H8BrN3O. The van der Waals surface area contributed by atoms with Gasteiger partial charge in [-0.05, 0) is 15.9 Å². The lowest BCUT2D eigenvalue weighted by Gasteiger charge is -1.99. The average Bonchev–Trinajstić information content (AvgIpc) is 2.46. The summed E-state index contributed by atoms with van der Waals surface area (Å²) in [5.74, 6) is 0.432. The summed E-state index contributed by atoms with van der Waals surface area (Å²) in [4.78, 5) is 17.9. The molecule has 0 bridgehead atoms. The second kappa shape index (κ2) is 3.42. The van der Waals surface area contributed by atoms with E-state index in [0.717, 1.165) is 15.4 Å². The highest BCUT2D eigenvalue weighted by molar-refractivity contribution is 9.10. The van der Waals surface area contributed by atoms with Gasteiger partial charge in [0.25, 0.3) is 0 Å². The van der Waals surface area contributed by atoms with Crippen molar-refractivity contribution in [1.82, 2.24) is 9.97 Å². The maximum Gasteiger partial charge on any atom is 0.222 e. The molecule has 0 fully saturated rings. The predicted octanol–water partition coefficient (Wildman–Crippen LogP) is 2.28. The summed E-state index contributed by atoms with van der Waals surface area (Å²) < 4.78 is 0.967. The van der Waals surface area contributed by atoms with Crippen molar-refractivity contribution in [2.24, 2.45) is 0 Å². The van der Waals surface area contributed by atoms with Crippen LogP contribution in [-0.2, 0) is 4.79 Å². The summed E-state index contributed by atoms with van der Waals surface area (Å²) in [6, 6.07) is 1.79. The molecule has 2 N–H and O–H groups in total. The maximum absolute atomic E-state index is 10.8. The number of hydrogen-bond acceptors (Lipinski definition) is 2. The summed E-state index contributed by atoms with van der Waals surface area (Å²) in [6.45, 7) is 1.45. The topological polar surface area (TPSA) is 57.8 Å². The summed E-state index contributed by atoms with van der Waals surface area (Å²) in [7, 11) is 0. The molecule has 72 valence electrons. The zero-order chi connectivity index (χ0) is 10.1. The number of hydrogen-bond donors (Lipinski definition) is 2. The van der Waals surface area contributed by atoms with Crippen LogP contribution in [0.2, 0.25) is 0 Å². The van der Waals surface area contributed by atoms with Gasteiger partial charge in [-0.15, -0.1) is 0 Å². The number of anilines is 1. The third kappa shape index (κ3) is 1.63. The summed E-state index contributed by atoms with van der Waals surface area (Å²) in [5, 5.41) is 3.62. The monoisotopic (exact) mass is 253 g/mol. The normalized spacial score (nSPS) is 10.4. The first-order valence-corrected chi connectivity index (χ1v) is 4.86. The number of carbonyl (C=O) groups excluding carboxylic acids is 1. The van der Waals surface area contributed by atoms with Gasteiger partial charge in [-0.2, -0.15) is 0 Å². The number of H-pyrrole nitrogens is 1. The zero-order valence-electron chi connectivity index (χ0n) is 7.47. The number of fused-ring (bicyclic) bond motifs is 1. The fourth-order valence-electron chi connectivity index (χ4n) is 1.23. The molecule has 5 heteroatoms. The van der Waals surface area contributed by atoms with E-state index in [1.807, 2.05) is 6.20 Å². The van der Waals surface area contributed by atoms with Crippen molar-refractivity contribution in [3.8, 4) is 0 Å². The molecule has 0 spiro atoms. The van der Waals surface area contributed by atoms with Crippen molar-refractivity contribution in [3.63, 3.8) is 0 Å². The Morgan fingerprint density at radius 1 is 1.64 bits per heavy atom. The number of nitrogens with one attached hydrogen (secondary N) is 2. The quantitative estimate of drug-likeness (QED) is 0.820. The molecule has 0 radical (unpaired) electrons. The third-order valence-electron chi connectivity index (χ3n) is 1.82. The number of rotatable bonds is 1. The molecule has 2 heterocycles. The molecule has 14 heavy (non-hydrogen) atoms. The van der Waals surface area contributed by atoms with E-state index in [9.17, 15) is 4.79 Å². The third-order valence-corrected chi connectivity index (χ3v) is 2.48. The molecule has 0 unspecified atom stereocenters. The SMILES string of the molecule is CC(=O)Nc1cc2[nH]cc(Br)c2cn1. The van der Waals surface area contributed by atoms with Crippen molar-refractivity contribution in [1.29, 1.82) is 0 Å². The van der Waals surface area contributed by atoms with Crippen molar-refractivity contribution in [2.75, 3.05) is 5.32 Å². The van der Waals surface area contributed by atoms with E-state index >= 15 is 0 Å². The lowest BCUT2D eigenvalue weighted by Crippen LogP contribution is -2.06. The van der Waals surface area contributed by atoms with E-state index in [0.29, 0.717) is 5.82 Å². The van der Waals surface area contributed by atoms with Crippen LogP contribution in [0.4, 0.5) is 5.82 Å². The molecule has 0 aromatic carbocycles. The fourth-order valence-corrected chi connectivity index (χ4v) is 1.66. The Kier molecular flexibility index (Phi) is 2.25. The first-order chi connectivity index (χ1) is 6.66. The van der Waals surface area contributed by atoms with Gasteiger partial charge >= 0.3 is 0 Å². The van der Waals surface area contributed by atoms with Crippen LogP contribution in [0.5, 0.6) is 0 Å². The highest BCUT2D eigenvalue weighted by Crippen LogP contribution is 2.23. The number of aromatic nitrogens is 2. The van der Waals surface area contributed by atoms with Crippen LogP contribution >= 0.6 is 15.9 Å². The number of pyridine rings is 1. The molecule has 0 saturated carbocycles. The van der Waals surface area contributed by atoms with Crippen molar-refractivity contribution in [3.05, 3.63) is 22.9 Å². The Hall–Kier alpha value is -1.36. The van der Waals surface area contributed by atoms with Crippen LogP contribution in [0.25, 0.3) is 10.9 Å². The zero-order valence-corrected chi connectivity index (χ0v) is 9.05. The second-order valence-electron chi connectivity index (χ2n) is 2.93. The molecule has 0 aliphatic heterocycles. The van der Waals surface area contributed by atoms with Gasteiger partial charge in [0, 0.05) is 35.2 Å². The Balaban J connectivity index is 2.46. The number of nitrogens with zero attached hydrogens (tertiary/aromatic N) is 1. The minimum atomic E-state index is -0.123. The highest BCUT2D eigenvalue weighted by atomic mass is 79.9. The van der Waals surface area contributed by atoms with Gasteiger partial charge < -0.3 is 10.3 Å². The number of carbonyl (C=O) groups is 1. The highest BCUT2D eigenvalue weighted by Gasteiger charge is 2.03. The van der Waals surface area contributed by atoms with E-state index < -0.39 is 0 Å². The Labute approximate surface area is 88.9 Å². The Bertz CT molecular complexity index is 492. The molecule has 4 nitrogen and oxygen atoms in total. The molecule has 1 amide bonds. The molecule has 0 aliphatic carbocycles. The van der Waals surface area contributed by atoms with Gasteiger partial charge in [0.2, 0.25) is 5.91 Å². The van der Waals surface area contributed by atoms with Gasteiger partial charge in [-0.3, -0.25) is 4.79 Å². The predicted molar refractivity (Wildman–Crippen MR) is 58.1 cm³/mol. The van der Waals surface area contributed by atoms with Crippen molar-refractivity contribution < 1.29 is 4.79 Å². The smallest absolute Gasteiger partial charge is 0.222 e. The van der Waals surface area contributed by atoms with Gasteiger partial charge in [0.05, 0.1) is 5.52 Å². The lowest BCUT2D eigenvalue weighted by atomic mass is 10.3. The summed E-state index contributed by atoms with van der Waals surface area (Å²) in [5.41, 5.74) is 0.940. The molecule has 2 aromatic rings. The standard InChI is InChI=1S/C9H8BrN3O/c1-5(14)13-9-2-8-6(3-12-9)7(10)4-11-8/h2-4,11H,1H3,(H,12,13,14). The molecular weight excluding hydrogens is 246 g/mol. The fraction of sp³-hybridized carbons (Fsp3) is 0.111. The van der Waals surface area contributed by atoms with Crippen LogP contribution in [0, 0.1) is 0 Å². The lowest BCUT2D eigenvalue weighted by molar-refractivity contribution is -0.114. The molecule has 0 aliphatic rings. The van der Waals surface area contributed by atoms with Gasteiger partial charge in [-0.25, -0.2) is 4.98 Å². The van der Waals surface area contributed by atoms with Crippen LogP contribution in [0.3, 0.4) is 0 Å². The first kappa shape index (κ1) is 9.21. The van der Waals surface area contributed by atoms with Gasteiger partial charge in [-0.1, -0.05) is 0 Å². The van der Waals surface area contributed by atoms with Crippen molar-refractivity contribution in [2.45, 2.75) is 6.92 Å². The minimum Gasteiger partial charge on any atom is -0.360 e. The summed E-state index contributed by atoms with van der Waals surface area (Å²) >= 11 is 3.38. The number of halogens is 1.